The molecule has 0 fully saturated rings. The van der Waals surface area contributed by atoms with Crippen LogP contribution in [0.4, 0.5) is 18.9 Å². The molecular formula is C14H11F3N2O2. The minimum atomic E-state index is -4.49. The van der Waals surface area contributed by atoms with Gasteiger partial charge in [-0.15, -0.1) is 0 Å². The van der Waals surface area contributed by atoms with Crippen LogP contribution in [-0.4, -0.2) is 16.0 Å². The Morgan fingerprint density at radius 1 is 1.24 bits per heavy atom. The number of pyridine rings is 1. The van der Waals surface area contributed by atoms with Gasteiger partial charge in [-0.3, -0.25) is 9.78 Å². The lowest BCUT2D eigenvalue weighted by Gasteiger charge is -2.08. The Bertz CT molecular complexity index is 667. The first-order chi connectivity index (χ1) is 9.77. The van der Waals surface area contributed by atoms with Gasteiger partial charge in [0.1, 0.15) is 11.4 Å². The maximum atomic E-state index is 12.4. The summed E-state index contributed by atoms with van der Waals surface area (Å²) in [6, 6.07) is 6.22. The molecular weight excluding hydrogens is 285 g/mol. The van der Waals surface area contributed by atoms with Gasteiger partial charge in [0, 0.05) is 11.9 Å². The largest absolute Gasteiger partial charge is 0.508 e. The third-order valence-electron chi connectivity index (χ3n) is 2.78. The van der Waals surface area contributed by atoms with Crippen LogP contribution in [0.25, 0.3) is 0 Å². The molecule has 0 spiro atoms. The van der Waals surface area contributed by atoms with Crippen molar-refractivity contribution in [1.29, 1.82) is 0 Å². The number of anilines is 1. The highest BCUT2D eigenvalue weighted by Gasteiger charge is 2.30. The number of aromatic nitrogens is 1. The van der Waals surface area contributed by atoms with E-state index in [0.717, 1.165) is 12.1 Å². The molecule has 110 valence electrons. The van der Waals surface area contributed by atoms with E-state index in [2.05, 4.69) is 10.3 Å². The van der Waals surface area contributed by atoms with Crippen LogP contribution >= 0.6 is 0 Å². The van der Waals surface area contributed by atoms with Gasteiger partial charge >= 0.3 is 6.18 Å². The summed E-state index contributed by atoms with van der Waals surface area (Å²) in [5.74, 6) is -0.547. The fourth-order valence-electron chi connectivity index (χ4n) is 1.62. The molecule has 21 heavy (non-hydrogen) atoms. The fourth-order valence-corrected chi connectivity index (χ4v) is 1.62. The number of phenolic OH excluding ortho intramolecular Hbond substituents is 1. The molecule has 0 atom stereocenters. The van der Waals surface area contributed by atoms with E-state index >= 15 is 0 Å². The number of alkyl halides is 3. The molecule has 4 nitrogen and oxygen atoms in total. The molecule has 0 aliphatic heterocycles. The number of nitrogens with zero attached hydrogens (tertiary/aromatic N) is 1. The van der Waals surface area contributed by atoms with Gasteiger partial charge < -0.3 is 10.4 Å². The Labute approximate surface area is 118 Å². The number of halogens is 3. The number of benzene rings is 1. The molecule has 0 aliphatic rings. The predicted octanol–water partition coefficient (Wildman–Crippen LogP) is 3.37. The second-order valence-electron chi connectivity index (χ2n) is 4.39. The number of phenols is 1. The molecule has 0 unspecified atom stereocenters. The molecule has 1 heterocycles. The van der Waals surface area contributed by atoms with Crippen molar-refractivity contribution >= 4 is 11.6 Å². The van der Waals surface area contributed by atoms with Crippen molar-refractivity contribution in [3.8, 4) is 5.75 Å². The van der Waals surface area contributed by atoms with Gasteiger partial charge in [0.05, 0.1) is 5.56 Å². The number of aryl methyl sites for hydroxylation is 1. The molecule has 2 aromatic rings. The van der Waals surface area contributed by atoms with Gasteiger partial charge in [0.25, 0.3) is 5.91 Å². The summed E-state index contributed by atoms with van der Waals surface area (Å²) in [7, 11) is 0. The van der Waals surface area contributed by atoms with Crippen LogP contribution in [0.1, 0.15) is 21.6 Å². The van der Waals surface area contributed by atoms with Crippen molar-refractivity contribution in [2.45, 2.75) is 13.1 Å². The van der Waals surface area contributed by atoms with Crippen molar-refractivity contribution in [1.82, 2.24) is 4.98 Å². The summed E-state index contributed by atoms with van der Waals surface area (Å²) in [5.41, 5.74) is -0.0709. The van der Waals surface area contributed by atoms with Crippen molar-refractivity contribution in [3.05, 3.63) is 53.3 Å². The number of hydrogen-bond donors (Lipinski definition) is 2. The van der Waals surface area contributed by atoms with E-state index in [4.69, 9.17) is 0 Å². The van der Waals surface area contributed by atoms with Crippen LogP contribution in [0.2, 0.25) is 0 Å². The van der Waals surface area contributed by atoms with Crippen molar-refractivity contribution in [3.63, 3.8) is 0 Å². The van der Waals surface area contributed by atoms with Crippen LogP contribution in [0.3, 0.4) is 0 Å². The average Bonchev–Trinajstić information content (AvgIpc) is 2.42. The minimum Gasteiger partial charge on any atom is -0.508 e. The Kier molecular flexibility index (Phi) is 3.84. The summed E-state index contributed by atoms with van der Waals surface area (Å²) in [6.07, 6.45) is -3.88. The second-order valence-corrected chi connectivity index (χ2v) is 4.39. The number of hydrogen-bond acceptors (Lipinski definition) is 3. The maximum absolute atomic E-state index is 12.4. The highest BCUT2D eigenvalue weighted by Crippen LogP contribution is 2.28. The second kappa shape index (κ2) is 5.43. The zero-order valence-electron chi connectivity index (χ0n) is 10.9. The molecule has 1 aromatic heterocycles. The van der Waals surface area contributed by atoms with Gasteiger partial charge in [0.15, 0.2) is 0 Å². The smallest absolute Gasteiger partial charge is 0.417 e. The van der Waals surface area contributed by atoms with Gasteiger partial charge in [-0.2, -0.15) is 13.2 Å². The summed E-state index contributed by atoms with van der Waals surface area (Å²) < 4.78 is 37.2. The number of carbonyl (C=O) groups excluding carboxylic acids is 1. The molecule has 2 rings (SSSR count). The first-order valence-corrected chi connectivity index (χ1v) is 5.91. The van der Waals surface area contributed by atoms with Gasteiger partial charge in [-0.05, 0) is 42.8 Å². The number of rotatable bonds is 2. The summed E-state index contributed by atoms with van der Waals surface area (Å²) >= 11 is 0. The Morgan fingerprint density at radius 2 is 1.95 bits per heavy atom. The third kappa shape index (κ3) is 3.50. The van der Waals surface area contributed by atoms with Crippen molar-refractivity contribution < 1.29 is 23.1 Å². The Morgan fingerprint density at radius 3 is 2.48 bits per heavy atom. The van der Waals surface area contributed by atoms with E-state index in [1.54, 1.807) is 6.92 Å². The SMILES string of the molecule is Cc1cc(NC(=O)c2ccc(C(F)(F)F)cn2)ccc1O. The summed E-state index contributed by atoms with van der Waals surface area (Å²) in [6.45, 7) is 1.65. The standard InChI is InChI=1S/C14H11F3N2O2/c1-8-6-10(3-5-12(8)20)19-13(21)11-4-2-9(7-18-11)14(15,16)17/h2-7,20H,1H3,(H,19,21). The first-order valence-electron chi connectivity index (χ1n) is 5.91. The topological polar surface area (TPSA) is 62.2 Å². The first kappa shape index (κ1) is 14.8. The van der Waals surface area contributed by atoms with E-state index in [-0.39, 0.29) is 11.4 Å². The monoisotopic (exact) mass is 296 g/mol. The maximum Gasteiger partial charge on any atom is 0.417 e. The van der Waals surface area contributed by atoms with Crippen LogP contribution in [0.5, 0.6) is 5.75 Å². The Balaban J connectivity index is 2.15. The quantitative estimate of drug-likeness (QED) is 0.835. The average molecular weight is 296 g/mol. The fraction of sp³-hybridized carbons (Fsp3) is 0.143. The lowest BCUT2D eigenvalue weighted by Crippen LogP contribution is -2.15. The molecule has 1 amide bonds. The number of carbonyl (C=O) groups is 1. The number of aromatic hydroxyl groups is 1. The summed E-state index contributed by atoms with van der Waals surface area (Å²) in [4.78, 5) is 15.4. The lowest BCUT2D eigenvalue weighted by atomic mass is 10.2. The van der Waals surface area contributed by atoms with Crippen LogP contribution < -0.4 is 5.32 Å². The molecule has 0 bridgehead atoms. The normalized spacial score (nSPS) is 11.2. The van der Waals surface area contributed by atoms with E-state index in [0.29, 0.717) is 17.4 Å². The molecule has 2 N–H and O–H groups in total. The van der Waals surface area contributed by atoms with Gasteiger partial charge in [-0.25, -0.2) is 0 Å². The highest BCUT2D eigenvalue weighted by atomic mass is 19.4. The molecule has 1 aromatic carbocycles. The predicted molar refractivity (Wildman–Crippen MR) is 70.0 cm³/mol. The van der Waals surface area contributed by atoms with Gasteiger partial charge in [0.2, 0.25) is 0 Å². The third-order valence-corrected chi connectivity index (χ3v) is 2.78. The van der Waals surface area contributed by atoms with E-state index in [1.165, 1.54) is 18.2 Å². The number of amides is 1. The van der Waals surface area contributed by atoms with Gasteiger partial charge in [-0.1, -0.05) is 0 Å². The molecule has 0 saturated heterocycles. The highest BCUT2D eigenvalue weighted by molar-refractivity contribution is 6.02. The van der Waals surface area contributed by atoms with Crippen LogP contribution in [-0.2, 0) is 6.18 Å². The van der Waals surface area contributed by atoms with Crippen LogP contribution in [0.15, 0.2) is 36.5 Å². The molecule has 0 radical (unpaired) electrons. The minimum absolute atomic E-state index is 0.0839. The van der Waals surface area contributed by atoms with E-state index in [1.807, 2.05) is 0 Å². The number of nitrogens with one attached hydrogen (secondary N) is 1. The molecule has 7 heteroatoms. The molecule has 0 saturated carbocycles. The van der Waals surface area contributed by atoms with Crippen LogP contribution in [0, 0.1) is 6.92 Å². The zero-order valence-corrected chi connectivity index (χ0v) is 10.9. The van der Waals surface area contributed by atoms with Crippen molar-refractivity contribution in [2.75, 3.05) is 5.32 Å². The van der Waals surface area contributed by atoms with Crippen molar-refractivity contribution in [2.24, 2.45) is 0 Å². The zero-order chi connectivity index (χ0) is 15.6. The van der Waals surface area contributed by atoms with E-state index < -0.39 is 17.6 Å². The summed E-state index contributed by atoms with van der Waals surface area (Å²) in [5, 5.41) is 11.9. The van der Waals surface area contributed by atoms with E-state index in [9.17, 15) is 23.1 Å². The molecule has 0 aliphatic carbocycles. The lowest BCUT2D eigenvalue weighted by molar-refractivity contribution is -0.137. The Hall–Kier alpha value is -2.57.